The van der Waals surface area contributed by atoms with E-state index in [9.17, 15) is 4.79 Å². The standard InChI is InChI=1S/C16H16N2O/c1-3-10(4-2)15-11-8-9-17-16(19)12-6-5-7-13(18-15)14(11)12/h3-7,18H,1,8-9H2,2H3,(H,17,19)/b10-4+. The van der Waals surface area contributed by atoms with E-state index in [1.54, 1.807) is 0 Å². The van der Waals surface area contributed by atoms with E-state index >= 15 is 0 Å². The van der Waals surface area contributed by atoms with Crippen molar-refractivity contribution in [2.45, 2.75) is 13.3 Å². The van der Waals surface area contributed by atoms with Gasteiger partial charge in [-0.3, -0.25) is 4.79 Å². The summed E-state index contributed by atoms with van der Waals surface area (Å²) in [7, 11) is 0. The molecular formula is C16H16N2O. The molecule has 0 saturated heterocycles. The third-order valence-corrected chi connectivity index (χ3v) is 3.65. The lowest BCUT2D eigenvalue weighted by atomic mass is 10.0. The van der Waals surface area contributed by atoms with Crippen molar-refractivity contribution in [2.75, 3.05) is 6.54 Å². The van der Waals surface area contributed by atoms with Gasteiger partial charge in [0.1, 0.15) is 0 Å². The normalized spacial score (nSPS) is 15.2. The molecule has 0 bridgehead atoms. The minimum absolute atomic E-state index is 0.00975. The van der Waals surface area contributed by atoms with Gasteiger partial charge in [0.2, 0.25) is 0 Å². The smallest absolute Gasteiger partial charge is 0.251 e. The molecule has 1 aliphatic heterocycles. The molecule has 3 nitrogen and oxygen atoms in total. The van der Waals surface area contributed by atoms with Gasteiger partial charge in [0, 0.05) is 28.7 Å². The molecule has 2 N–H and O–H groups in total. The van der Waals surface area contributed by atoms with Gasteiger partial charge in [-0.25, -0.2) is 0 Å². The number of amides is 1. The number of hydrogen-bond donors (Lipinski definition) is 2. The Hall–Kier alpha value is -2.29. The predicted molar refractivity (Wildman–Crippen MR) is 78.2 cm³/mol. The summed E-state index contributed by atoms with van der Waals surface area (Å²) < 4.78 is 0. The zero-order valence-electron chi connectivity index (χ0n) is 10.9. The zero-order chi connectivity index (χ0) is 13.4. The lowest BCUT2D eigenvalue weighted by Gasteiger charge is -2.03. The number of carbonyl (C=O) groups excluding carboxylic acids is 1. The Bertz CT molecular complexity index is 707. The first-order valence-electron chi connectivity index (χ1n) is 6.47. The maximum Gasteiger partial charge on any atom is 0.251 e. The third kappa shape index (κ3) is 1.70. The second-order valence-corrected chi connectivity index (χ2v) is 4.66. The Kier molecular flexibility index (Phi) is 2.75. The van der Waals surface area contributed by atoms with Crippen molar-refractivity contribution in [2.24, 2.45) is 0 Å². The van der Waals surface area contributed by atoms with Crippen LogP contribution in [0.2, 0.25) is 0 Å². The summed E-state index contributed by atoms with van der Waals surface area (Å²) in [6.07, 6.45) is 4.72. The lowest BCUT2D eigenvalue weighted by Crippen LogP contribution is -2.23. The molecule has 1 aromatic carbocycles. The summed E-state index contributed by atoms with van der Waals surface area (Å²) in [6.45, 7) is 6.53. The van der Waals surface area contributed by atoms with E-state index in [-0.39, 0.29) is 5.91 Å². The Morgan fingerprint density at radius 2 is 2.26 bits per heavy atom. The number of carbonyl (C=O) groups is 1. The zero-order valence-corrected chi connectivity index (χ0v) is 10.9. The van der Waals surface area contributed by atoms with Gasteiger partial charge in [0.05, 0.1) is 0 Å². The number of aromatic nitrogens is 1. The summed E-state index contributed by atoms with van der Waals surface area (Å²) in [5.41, 5.74) is 5.13. The summed E-state index contributed by atoms with van der Waals surface area (Å²) >= 11 is 0. The maximum absolute atomic E-state index is 12.1. The van der Waals surface area contributed by atoms with Gasteiger partial charge in [-0.05, 0) is 36.6 Å². The first-order chi connectivity index (χ1) is 9.26. The molecule has 2 aromatic rings. The highest BCUT2D eigenvalue weighted by atomic mass is 16.1. The van der Waals surface area contributed by atoms with Gasteiger partial charge >= 0.3 is 0 Å². The van der Waals surface area contributed by atoms with E-state index in [1.165, 1.54) is 5.56 Å². The van der Waals surface area contributed by atoms with Gasteiger partial charge in [-0.15, -0.1) is 0 Å². The Morgan fingerprint density at radius 1 is 1.42 bits per heavy atom. The monoisotopic (exact) mass is 252 g/mol. The molecule has 1 aliphatic rings. The fraction of sp³-hybridized carbons (Fsp3) is 0.188. The average Bonchev–Trinajstić information content (AvgIpc) is 2.69. The first kappa shape index (κ1) is 11.8. The fourth-order valence-corrected chi connectivity index (χ4v) is 2.76. The number of H-pyrrole nitrogens is 1. The Balaban J connectivity index is 2.38. The summed E-state index contributed by atoms with van der Waals surface area (Å²) in [4.78, 5) is 15.5. The SMILES string of the molecule is C=C/C(=C\C)c1[nH]c2cccc3c2c1CCNC3=O. The summed E-state index contributed by atoms with van der Waals surface area (Å²) in [5.74, 6) is 0.00975. The largest absolute Gasteiger partial charge is 0.354 e. The van der Waals surface area contributed by atoms with Crippen LogP contribution in [-0.4, -0.2) is 17.4 Å². The van der Waals surface area contributed by atoms with E-state index in [4.69, 9.17) is 0 Å². The quantitative estimate of drug-likeness (QED) is 0.793. The molecule has 0 spiro atoms. The van der Waals surface area contributed by atoms with Crippen molar-refractivity contribution in [3.8, 4) is 0 Å². The molecule has 0 aliphatic carbocycles. The molecule has 96 valence electrons. The number of nitrogens with one attached hydrogen (secondary N) is 2. The van der Waals surface area contributed by atoms with Crippen LogP contribution in [0.25, 0.3) is 16.5 Å². The number of aromatic amines is 1. The molecule has 3 heteroatoms. The number of benzene rings is 1. The minimum atomic E-state index is 0.00975. The fourth-order valence-electron chi connectivity index (χ4n) is 2.76. The van der Waals surface area contributed by atoms with E-state index in [2.05, 4.69) is 16.9 Å². The van der Waals surface area contributed by atoms with E-state index in [1.807, 2.05) is 37.3 Å². The number of rotatable bonds is 2. The molecule has 0 radical (unpaired) electrons. The van der Waals surface area contributed by atoms with Gasteiger partial charge in [0.25, 0.3) is 5.91 Å². The Labute approximate surface area is 112 Å². The highest BCUT2D eigenvalue weighted by molar-refractivity contribution is 6.09. The molecule has 0 saturated carbocycles. The van der Waals surface area contributed by atoms with Crippen molar-refractivity contribution in [1.29, 1.82) is 0 Å². The topological polar surface area (TPSA) is 44.9 Å². The van der Waals surface area contributed by atoms with Crippen LogP contribution in [0.4, 0.5) is 0 Å². The van der Waals surface area contributed by atoms with Crippen LogP contribution >= 0.6 is 0 Å². The molecule has 1 aromatic heterocycles. The minimum Gasteiger partial charge on any atom is -0.354 e. The number of hydrogen-bond acceptors (Lipinski definition) is 1. The third-order valence-electron chi connectivity index (χ3n) is 3.65. The van der Waals surface area contributed by atoms with Crippen LogP contribution in [0.1, 0.15) is 28.5 Å². The second kappa shape index (κ2) is 4.43. The van der Waals surface area contributed by atoms with E-state index < -0.39 is 0 Å². The molecule has 1 amide bonds. The first-order valence-corrected chi connectivity index (χ1v) is 6.47. The summed E-state index contributed by atoms with van der Waals surface area (Å²) in [6, 6.07) is 5.81. The van der Waals surface area contributed by atoms with Gasteiger partial charge in [-0.1, -0.05) is 24.8 Å². The van der Waals surface area contributed by atoms with Crippen LogP contribution < -0.4 is 5.32 Å². The predicted octanol–water partition coefficient (Wildman–Crippen LogP) is 3.04. The van der Waals surface area contributed by atoms with Crippen molar-refractivity contribution in [1.82, 2.24) is 10.3 Å². The Morgan fingerprint density at radius 3 is 3.00 bits per heavy atom. The van der Waals surface area contributed by atoms with Gasteiger partial charge < -0.3 is 10.3 Å². The van der Waals surface area contributed by atoms with Crippen molar-refractivity contribution in [3.05, 3.63) is 53.8 Å². The second-order valence-electron chi connectivity index (χ2n) is 4.66. The van der Waals surface area contributed by atoms with Crippen LogP contribution in [0, 0.1) is 0 Å². The van der Waals surface area contributed by atoms with Crippen molar-refractivity contribution in [3.63, 3.8) is 0 Å². The van der Waals surface area contributed by atoms with Gasteiger partial charge in [-0.2, -0.15) is 0 Å². The van der Waals surface area contributed by atoms with E-state index in [0.29, 0.717) is 6.54 Å². The van der Waals surface area contributed by atoms with Crippen LogP contribution in [0.5, 0.6) is 0 Å². The number of allylic oxidation sites excluding steroid dienone is 3. The average molecular weight is 252 g/mol. The van der Waals surface area contributed by atoms with E-state index in [0.717, 1.165) is 34.2 Å². The molecule has 0 unspecified atom stereocenters. The molecule has 2 heterocycles. The lowest BCUT2D eigenvalue weighted by molar-refractivity contribution is 0.0957. The highest BCUT2D eigenvalue weighted by Crippen LogP contribution is 2.32. The molecule has 0 fully saturated rings. The summed E-state index contributed by atoms with van der Waals surface area (Å²) in [5, 5.41) is 3.99. The van der Waals surface area contributed by atoms with Crippen LogP contribution in [-0.2, 0) is 6.42 Å². The van der Waals surface area contributed by atoms with Crippen LogP contribution in [0.15, 0.2) is 36.9 Å². The molecule has 3 rings (SSSR count). The highest BCUT2D eigenvalue weighted by Gasteiger charge is 2.21. The van der Waals surface area contributed by atoms with Crippen LogP contribution in [0.3, 0.4) is 0 Å². The molecule has 0 atom stereocenters. The van der Waals surface area contributed by atoms with Gasteiger partial charge in [0.15, 0.2) is 0 Å². The molecule has 19 heavy (non-hydrogen) atoms. The van der Waals surface area contributed by atoms with Crippen molar-refractivity contribution >= 4 is 22.4 Å². The van der Waals surface area contributed by atoms with Crippen molar-refractivity contribution < 1.29 is 4.79 Å². The maximum atomic E-state index is 12.1. The molecular weight excluding hydrogens is 236 g/mol.